The third kappa shape index (κ3) is 3.05. The maximum Gasteiger partial charge on any atom is 0.311 e. The molecule has 0 radical (unpaired) electrons. The molecule has 1 aromatic heterocycles. The summed E-state index contributed by atoms with van der Waals surface area (Å²) in [5.41, 5.74) is -0.455. The largest absolute Gasteiger partial charge is 0.481 e. The van der Waals surface area contributed by atoms with E-state index in [1.165, 1.54) is 0 Å². The first kappa shape index (κ1) is 16.3. The Kier molecular flexibility index (Phi) is 5.00. The third-order valence-corrected chi connectivity index (χ3v) is 4.28. The van der Waals surface area contributed by atoms with Gasteiger partial charge in [0.15, 0.2) is 0 Å². The number of piperidine rings is 1. The van der Waals surface area contributed by atoms with Gasteiger partial charge in [-0.05, 0) is 38.3 Å². The maximum absolute atomic E-state index is 12.7. The molecule has 120 valence electrons. The fraction of sp³-hybridized carbons (Fsp3) is 0.562. The number of carboxylic acid groups (broad SMARTS) is 1. The monoisotopic (exact) mass is 306 g/mol. The Bertz CT molecular complexity index is 561. The minimum absolute atomic E-state index is 0.213. The van der Waals surface area contributed by atoms with Gasteiger partial charge in [-0.2, -0.15) is 0 Å². The van der Waals surface area contributed by atoms with E-state index in [0.29, 0.717) is 43.9 Å². The van der Waals surface area contributed by atoms with Crippen molar-refractivity contribution < 1.29 is 19.4 Å². The number of pyridine rings is 1. The lowest BCUT2D eigenvalue weighted by molar-refractivity contribution is -0.152. The molecule has 0 saturated carbocycles. The van der Waals surface area contributed by atoms with Crippen LogP contribution in [0.15, 0.2) is 18.3 Å². The lowest BCUT2D eigenvalue weighted by atomic mass is 9.77. The third-order valence-electron chi connectivity index (χ3n) is 4.28. The lowest BCUT2D eigenvalue weighted by Gasteiger charge is -2.39. The molecular formula is C16H22N2O4. The van der Waals surface area contributed by atoms with Gasteiger partial charge in [-0.25, -0.2) is 4.98 Å². The lowest BCUT2D eigenvalue weighted by Crippen LogP contribution is -2.49. The molecule has 0 unspecified atom stereocenters. The van der Waals surface area contributed by atoms with Crippen LogP contribution < -0.4 is 4.74 Å². The SMILES string of the molecule is CCOc1ncccc1C(=O)N1CCC[C@@](CC)(C(=O)O)C1. The summed E-state index contributed by atoms with van der Waals surface area (Å²) in [5, 5.41) is 9.52. The van der Waals surface area contributed by atoms with E-state index in [-0.39, 0.29) is 12.5 Å². The normalized spacial score (nSPS) is 21.5. The Morgan fingerprint density at radius 2 is 2.23 bits per heavy atom. The predicted octanol–water partition coefficient (Wildman–Crippen LogP) is 2.20. The van der Waals surface area contributed by atoms with Gasteiger partial charge in [0.05, 0.1) is 12.0 Å². The van der Waals surface area contributed by atoms with Crippen molar-refractivity contribution in [2.45, 2.75) is 33.1 Å². The second kappa shape index (κ2) is 6.77. The number of aliphatic carboxylic acids is 1. The highest BCUT2D eigenvalue weighted by Crippen LogP contribution is 2.34. The number of hydrogen-bond acceptors (Lipinski definition) is 4. The number of hydrogen-bond donors (Lipinski definition) is 1. The van der Waals surface area contributed by atoms with E-state index in [9.17, 15) is 14.7 Å². The van der Waals surface area contributed by atoms with Crippen LogP contribution in [0.3, 0.4) is 0 Å². The molecule has 0 aliphatic carbocycles. The van der Waals surface area contributed by atoms with Crippen LogP contribution in [0.25, 0.3) is 0 Å². The summed E-state index contributed by atoms with van der Waals surface area (Å²) in [6, 6.07) is 3.35. The van der Waals surface area contributed by atoms with Gasteiger partial charge in [-0.3, -0.25) is 9.59 Å². The molecule has 6 heteroatoms. The number of rotatable bonds is 5. The van der Waals surface area contributed by atoms with Crippen molar-refractivity contribution in [1.82, 2.24) is 9.88 Å². The van der Waals surface area contributed by atoms with Crippen molar-refractivity contribution in [3.63, 3.8) is 0 Å². The number of likely N-dealkylation sites (tertiary alicyclic amines) is 1. The number of nitrogens with zero attached hydrogens (tertiary/aromatic N) is 2. The van der Waals surface area contributed by atoms with Crippen LogP contribution >= 0.6 is 0 Å². The number of carboxylic acids is 1. The average molecular weight is 306 g/mol. The van der Waals surface area contributed by atoms with Gasteiger partial charge >= 0.3 is 5.97 Å². The van der Waals surface area contributed by atoms with E-state index < -0.39 is 11.4 Å². The summed E-state index contributed by atoms with van der Waals surface area (Å²) < 4.78 is 5.40. The predicted molar refractivity (Wildman–Crippen MR) is 80.9 cm³/mol. The van der Waals surface area contributed by atoms with E-state index in [1.807, 2.05) is 13.8 Å². The van der Waals surface area contributed by atoms with Crippen LogP contribution in [-0.4, -0.2) is 46.6 Å². The van der Waals surface area contributed by atoms with Crippen LogP contribution in [0, 0.1) is 5.41 Å². The molecule has 1 saturated heterocycles. The van der Waals surface area contributed by atoms with Crippen LogP contribution in [0.4, 0.5) is 0 Å². The van der Waals surface area contributed by atoms with Crippen molar-refractivity contribution >= 4 is 11.9 Å². The summed E-state index contributed by atoms with van der Waals surface area (Å²) in [7, 11) is 0. The molecule has 0 spiro atoms. The zero-order valence-electron chi connectivity index (χ0n) is 13.0. The van der Waals surface area contributed by atoms with E-state index in [0.717, 1.165) is 0 Å². The standard InChI is InChI=1S/C16H22N2O4/c1-3-16(15(20)21)8-6-10-18(11-16)14(19)12-7-5-9-17-13(12)22-4-2/h5,7,9H,3-4,6,8,10-11H2,1-2H3,(H,20,21)/t16-/m1/s1. The minimum Gasteiger partial charge on any atom is -0.481 e. The Labute approximate surface area is 130 Å². The summed E-state index contributed by atoms with van der Waals surface area (Å²) in [6.45, 7) is 4.91. The van der Waals surface area contributed by atoms with Gasteiger partial charge in [-0.15, -0.1) is 0 Å². The first-order valence-electron chi connectivity index (χ1n) is 7.64. The van der Waals surface area contributed by atoms with Gasteiger partial charge < -0.3 is 14.7 Å². The summed E-state index contributed by atoms with van der Waals surface area (Å²) >= 11 is 0. The van der Waals surface area contributed by atoms with Crippen molar-refractivity contribution in [3.8, 4) is 5.88 Å². The molecule has 1 aliphatic heterocycles. The second-order valence-electron chi connectivity index (χ2n) is 5.56. The van der Waals surface area contributed by atoms with Gasteiger partial charge in [0, 0.05) is 19.3 Å². The maximum atomic E-state index is 12.7. The molecular weight excluding hydrogens is 284 g/mol. The second-order valence-corrected chi connectivity index (χ2v) is 5.56. The van der Waals surface area contributed by atoms with Crippen molar-refractivity contribution in [2.24, 2.45) is 5.41 Å². The Balaban J connectivity index is 2.24. The summed E-state index contributed by atoms with van der Waals surface area (Å²) in [4.78, 5) is 30.0. The summed E-state index contributed by atoms with van der Waals surface area (Å²) in [6.07, 6.45) is 3.38. The molecule has 0 bridgehead atoms. The van der Waals surface area contributed by atoms with E-state index in [4.69, 9.17) is 4.74 Å². The number of carbonyl (C=O) groups excluding carboxylic acids is 1. The van der Waals surface area contributed by atoms with Crippen LogP contribution in [0.5, 0.6) is 5.88 Å². The van der Waals surface area contributed by atoms with Gasteiger partial charge in [0.1, 0.15) is 5.56 Å². The van der Waals surface area contributed by atoms with E-state index >= 15 is 0 Å². The smallest absolute Gasteiger partial charge is 0.311 e. The topological polar surface area (TPSA) is 79.7 Å². The molecule has 1 atom stereocenters. The molecule has 1 amide bonds. The first-order valence-corrected chi connectivity index (χ1v) is 7.64. The zero-order chi connectivity index (χ0) is 16.2. The number of amides is 1. The molecule has 2 rings (SSSR count). The highest BCUT2D eigenvalue weighted by molar-refractivity contribution is 5.96. The highest BCUT2D eigenvalue weighted by atomic mass is 16.5. The fourth-order valence-corrected chi connectivity index (χ4v) is 2.90. The number of ether oxygens (including phenoxy) is 1. The average Bonchev–Trinajstić information content (AvgIpc) is 2.55. The Morgan fingerprint density at radius 3 is 2.86 bits per heavy atom. The van der Waals surface area contributed by atoms with Crippen molar-refractivity contribution in [2.75, 3.05) is 19.7 Å². The fourth-order valence-electron chi connectivity index (χ4n) is 2.90. The molecule has 0 aromatic carbocycles. The molecule has 1 aliphatic rings. The number of carbonyl (C=O) groups is 2. The van der Waals surface area contributed by atoms with Crippen LogP contribution in [0.2, 0.25) is 0 Å². The Morgan fingerprint density at radius 1 is 1.45 bits per heavy atom. The van der Waals surface area contributed by atoms with Gasteiger partial charge in [-0.1, -0.05) is 6.92 Å². The minimum atomic E-state index is -0.845. The molecule has 1 aromatic rings. The first-order chi connectivity index (χ1) is 10.5. The summed E-state index contributed by atoms with van der Waals surface area (Å²) in [5.74, 6) is -0.739. The van der Waals surface area contributed by atoms with Gasteiger partial charge in [0.25, 0.3) is 5.91 Å². The van der Waals surface area contributed by atoms with Crippen LogP contribution in [-0.2, 0) is 4.79 Å². The molecule has 1 fully saturated rings. The Hall–Kier alpha value is -2.11. The molecule has 2 heterocycles. The molecule has 1 N–H and O–H groups in total. The van der Waals surface area contributed by atoms with Crippen molar-refractivity contribution in [1.29, 1.82) is 0 Å². The quantitative estimate of drug-likeness (QED) is 0.902. The van der Waals surface area contributed by atoms with Crippen LogP contribution in [0.1, 0.15) is 43.5 Å². The van der Waals surface area contributed by atoms with Gasteiger partial charge in [0.2, 0.25) is 5.88 Å². The molecule has 22 heavy (non-hydrogen) atoms. The van der Waals surface area contributed by atoms with Crippen molar-refractivity contribution in [3.05, 3.63) is 23.9 Å². The zero-order valence-corrected chi connectivity index (χ0v) is 13.0. The number of aromatic nitrogens is 1. The molecule has 6 nitrogen and oxygen atoms in total. The van der Waals surface area contributed by atoms with E-state index in [1.54, 1.807) is 23.2 Å². The highest BCUT2D eigenvalue weighted by Gasteiger charge is 2.42. The van der Waals surface area contributed by atoms with E-state index in [2.05, 4.69) is 4.98 Å².